The van der Waals surface area contributed by atoms with Gasteiger partial charge in [-0.25, -0.2) is 4.79 Å². The molecule has 15 heavy (non-hydrogen) atoms. The van der Waals surface area contributed by atoms with Gasteiger partial charge >= 0.3 is 5.97 Å². The molecule has 0 radical (unpaired) electrons. The molecular formula is C10H12Br2O3. The van der Waals surface area contributed by atoms with Crippen molar-refractivity contribution < 1.29 is 13.9 Å². The second kappa shape index (κ2) is 5.16. The largest absolute Gasteiger partial charge is 0.462 e. The predicted octanol–water partition coefficient (Wildman–Crippen LogP) is 3.98. The number of hydrogen-bond acceptors (Lipinski definition) is 3. The number of rotatable bonds is 3. The SMILES string of the molecule is CCOC(=O)c1c(C(C)Br)oc(Br)c1C. The Kier molecular flexibility index (Phi) is 4.40. The average molecular weight is 340 g/mol. The van der Waals surface area contributed by atoms with E-state index in [0.29, 0.717) is 22.6 Å². The third kappa shape index (κ3) is 2.64. The molecule has 0 aromatic carbocycles. The average Bonchev–Trinajstić information content (AvgIpc) is 2.44. The van der Waals surface area contributed by atoms with Crippen LogP contribution in [-0.4, -0.2) is 12.6 Å². The van der Waals surface area contributed by atoms with E-state index in [4.69, 9.17) is 9.15 Å². The Bertz CT molecular complexity index is 369. The van der Waals surface area contributed by atoms with Crippen LogP contribution in [0.15, 0.2) is 9.09 Å². The molecule has 1 heterocycles. The summed E-state index contributed by atoms with van der Waals surface area (Å²) in [6.07, 6.45) is 0. The molecule has 5 heteroatoms. The molecule has 0 N–H and O–H groups in total. The van der Waals surface area contributed by atoms with Crippen molar-refractivity contribution in [3.05, 3.63) is 21.6 Å². The first kappa shape index (κ1) is 12.8. The Morgan fingerprint density at radius 2 is 2.20 bits per heavy atom. The highest BCUT2D eigenvalue weighted by atomic mass is 79.9. The maximum atomic E-state index is 11.7. The molecular weight excluding hydrogens is 328 g/mol. The van der Waals surface area contributed by atoms with E-state index in [1.54, 1.807) is 6.92 Å². The summed E-state index contributed by atoms with van der Waals surface area (Å²) in [5.74, 6) is 0.253. The van der Waals surface area contributed by atoms with Crippen LogP contribution in [0.2, 0.25) is 0 Å². The van der Waals surface area contributed by atoms with Gasteiger partial charge in [-0.05, 0) is 36.7 Å². The number of ether oxygens (including phenoxy) is 1. The number of furan rings is 1. The first-order chi connectivity index (χ1) is 6.99. The van der Waals surface area contributed by atoms with Crippen molar-refractivity contribution in [2.24, 2.45) is 0 Å². The van der Waals surface area contributed by atoms with Gasteiger partial charge in [0.05, 0.1) is 11.4 Å². The van der Waals surface area contributed by atoms with Crippen molar-refractivity contribution in [3.63, 3.8) is 0 Å². The van der Waals surface area contributed by atoms with Gasteiger partial charge in [-0.1, -0.05) is 15.9 Å². The number of halogens is 2. The zero-order valence-corrected chi connectivity index (χ0v) is 11.9. The van der Waals surface area contributed by atoms with E-state index in [1.807, 2.05) is 13.8 Å². The highest BCUT2D eigenvalue weighted by Crippen LogP contribution is 2.34. The lowest BCUT2D eigenvalue weighted by atomic mass is 10.1. The Morgan fingerprint density at radius 1 is 1.60 bits per heavy atom. The van der Waals surface area contributed by atoms with Crippen LogP contribution >= 0.6 is 31.9 Å². The Morgan fingerprint density at radius 3 is 2.67 bits per heavy atom. The van der Waals surface area contributed by atoms with E-state index in [1.165, 1.54) is 0 Å². The fraction of sp³-hybridized carbons (Fsp3) is 0.500. The van der Waals surface area contributed by atoms with Gasteiger partial charge in [-0.3, -0.25) is 0 Å². The van der Waals surface area contributed by atoms with Crippen LogP contribution in [-0.2, 0) is 4.74 Å². The van der Waals surface area contributed by atoms with Gasteiger partial charge in [0.1, 0.15) is 11.3 Å². The fourth-order valence-electron chi connectivity index (χ4n) is 1.24. The van der Waals surface area contributed by atoms with Crippen LogP contribution in [0.4, 0.5) is 0 Å². The van der Waals surface area contributed by atoms with E-state index in [9.17, 15) is 4.79 Å². The molecule has 0 aliphatic heterocycles. The molecule has 1 unspecified atom stereocenters. The van der Waals surface area contributed by atoms with Crippen LogP contribution in [0.3, 0.4) is 0 Å². The maximum absolute atomic E-state index is 11.7. The third-order valence-corrected chi connectivity index (χ3v) is 3.13. The van der Waals surface area contributed by atoms with Crippen molar-refractivity contribution in [2.45, 2.75) is 25.6 Å². The fourth-order valence-corrected chi connectivity index (χ4v) is 1.94. The van der Waals surface area contributed by atoms with E-state index in [0.717, 1.165) is 5.56 Å². The lowest BCUT2D eigenvalue weighted by molar-refractivity contribution is 0.0523. The van der Waals surface area contributed by atoms with Gasteiger partial charge in [0, 0.05) is 5.56 Å². The van der Waals surface area contributed by atoms with E-state index >= 15 is 0 Å². The molecule has 3 nitrogen and oxygen atoms in total. The normalized spacial score (nSPS) is 12.6. The van der Waals surface area contributed by atoms with Crippen molar-refractivity contribution >= 4 is 37.8 Å². The quantitative estimate of drug-likeness (QED) is 0.617. The standard InChI is InChI=1S/C10H12Br2O3/c1-4-14-10(13)7-5(2)9(12)15-8(7)6(3)11/h6H,4H2,1-3H3. The van der Waals surface area contributed by atoms with Gasteiger partial charge in [0.25, 0.3) is 0 Å². The number of hydrogen-bond donors (Lipinski definition) is 0. The van der Waals surface area contributed by atoms with Crippen molar-refractivity contribution in [1.29, 1.82) is 0 Å². The minimum absolute atomic E-state index is 0.0260. The zero-order valence-electron chi connectivity index (χ0n) is 8.77. The minimum atomic E-state index is -0.342. The van der Waals surface area contributed by atoms with Crippen LogP contribution < -0.4 is 0 Å². The number of carbonyl (C=O) groups excluding carboxylic acids is 1. The summed E-state index contributed by atoms with van der Waals surface area (Å²) in [5.41, 5.74) is 1.28. The Balaban J connectivity index is 3.19. The summed E-state index contributed by atoms with van der Waals surface area (Å²) in [6.45, 7) is 5.85. The molecule has 0 aliphatic rings. The van der Waals surface area contributed by atoms with Gasteiger partial charge in [-0.2, -0.15) is 0 Å². The molecule has 1 aromatic rings. The highest BCUT2D eigenvalue weighted by Gasteiger charge is 2.25. The van der Waals surface area contributed by atoms with Crippen molar-refractivity contribution in [1.82, 2.24) is 0 Å². The molecule has 84 valence electrons. The minimum Gasteiger partial charge on any atom is -0.462 e. The summed E-state index contributed by atoms with van der Waals surface area (Å²) in [4.78, 5) is 11.7. The van der Waals surface area contributed by atoms with Gasteiger partial charge in [0.15, 0.2) is 4.67 Å². The first-order valence-corrected chi connectivity index (χ1v) is 6.29. The van der Waals surface area contributed by atoms with Crippen LogP contribution in [0.1, 0.15) is 40.4 Å². The monoisotopic (exact) mass is 338 g/mol. The Labute approximate surface area is 105 Å². The molecule has 1 atom stereocenters. The molecule has 0 saturated heterocycles. The van der Waals surface area contributed by atoms with Crippen LogP contribution in [0, 0.1) is 6.92 Å². The maximum Gasteiger partial charge on any atom is 0.342 e. The summed E-state index contributed by atoms with van der Waals surface area (Å²) >= 11 is 6.64. The first-order valence-electron chi connectivity index (χ1n) is 4.59. The van der Waals surface area contributed by atoms with E-state index in [2.05, 4.69) is 31.9 Å². The summed E-state index contributed by atoms with van der Waals surface area (Å²) in [5, 5.41) is 0. The molecule has 1 rings (SSSR count). The summed E-state index contributed by atoms with van der Waals surface area (Å²) < 4.78 is 11.0. The highest BCUT2D eigenvalue weighted by molar-refractivity contribution is 9.10. The van der Waals surface area contributed by atoms with E-state index < -0.39 is 0 Å². The van der Waals surface area contributed by atoms with E-state index in [-0.39, 0.29) is 10.8 Å². The molecule has 0 bridgehead atoms. The smallest absolute Gasteiger partial charge is 0.342 e. The van der Waals surface area contributed by atoms with Gasteiger partial charge < -0.3 is 9.15 Å². The second-order valence-corrected chi connectivity index (χ2v) is 5.17. The molecule has 0 spiro atoms. The predicted molar refractivity (Wildman–Crippen MR) is 64.4 cm³/mol. The van der Waals surface area contributed by atoms with Crippen LogP contribution in [0.25, 0.3) is 0 Å². The lowest BCUT2D eigenvalue weighted by Gasteiger charge is -2.04. The number of alkyl halides is 1. The van der Waals surface area contributed by atoms with Crippen LogP contribution in [0.5, 0.6) is 0 Å². The summed E-state index contributed by atoms with van der Waals surface area (Å²) in [6, 6.07) is 0. The topological polar surface area (TPSA) is 39.4 Å². The second-order valence-electron chi connectivity index (χ2n) is 3.08. The molecule has 0 aliphatic carbocycles. The van der Waals surface area contributed by atoms with Crippen molar-refractivity contribution in [3.8, 4) is 0 Å². The zero-order chi connectivity index (χ0) is 11.6. The van der Waals surface area contributed by atoms with Gasteiger partial charge in [-0.15, -0.1) is 0 Å². The van der Waals surface area contributed by atoms with Gasteiger partial charge in [0.2, 0.25) is 0 Å². The number of carbonyl (C=O) groups is 1. The molecule has 1 aromatic heterocycles. The lowest BCUT2D eigenvalue weighted by Crippen LogP contribution is -2.07. The third-order valence-electron chi connectivity index (χ3n) is 1.96. The summed E-state index contributed by atoms with van der Waals surface area (Å²) in [7, 11) is 0. The molecule has 0 amide bonds. The molecule has 0 fully saturated rings. The molecule has 0 saturated carbocycles. The number of esters is 1. The Hall–Kier alpha value is -0.290. The van der Waals surface area contributed by atoms with Crippen molar-refractivity contribution in [2.75, 3.05) is 6.61 Å².